The van der Waals surface area contributed by atoms with Crippen LogP contribution in [0.2, 0.25) is 0 Å². The number of nitrogens with zero attached hydrogens (tertiary/aromatic N) is 3. The second kappa shape index (κ2) is 6.27. The molecule has 2 N–H and O–H groups in total. The van der Waals surface area contributed by atoms with Gasteiger partial charge in [-0.2, -0.15) is 4.99 Å². The summed E-state index contributed by atoms with van der Waals surface area (Å²) in [5.74, 6) is 1.11. The van der Waals surface area contributed by atoms with E-state index in [1.165, 1.54) is 0 Å². The van der Waals surface area contributed by atoms with Crippen molar-refractivity contribution in [3.05, 3.63) is 64.6 Å². The Balaban J connectivity index is 1.80. The maximum atomic E-state index is 10.7. The molecule has 22 heavy (non-hydrogen) atoms. The lowest BCUT2D eigenvalue weighted by molar-refractivity contribution is -0.914. The van der Waals surface area contributed by atoms with E-state index in [4.69, 9.17) is 4.42 Å². The smallest absolute Gasteiger partial charge is 0.270 e. The van der Waals surface area contributed by atoms with E-state index in [9.17, 15) is 10.1 Å². The van der Waals surface area contributed by atoms with E-state index in [1.807, 2.05) is 42.5 Å². The Morgan fingerprint density at radius 3 is 2.82 bits per heavy atom. The van der Waals surface area contributed by atoms with Crippen molar-refractivity contribution < 1.29 is 14.3 Å². The lowest BCUT2D eigenvalue weighted by atomic mass is 10.3. The summed E-state index contributed by atoms with van der Waals surface area (Å²) in [7, 11) is 0. The predicted octanol–water partition coefficient (Wildman–Crippen LogP) is 0.237. The van der Waals surface area contributed by atoms with Crippen LogP contribution in [0.4, 0.5) is 5.69 Å². The Labute approximate surface area is 126 Å². The highest BCUT2D eigenvalue weighted by Gasteiger charge is 2.28. The SMILES string of the molecule is O=[N+]([O-])NC1=NC[NH+](Cc2ccco2)CN1c1ccccc1. The van der Waals surface area contributed by atoms with Crippen molar-refractivity contribution in [1.82, 2.24) is 5.43 Å². The highest BCUT2D eigenvalue weighted by Crippen LogP contribution is 2.13. The lowest BCUT2D eigenvalue weighted by Gasteiger charge is -2.31. The highest BCUT2D eigenvalue weighted by atomic mass is 16.7. The van der Waals surface area contributed by atoms with Gasteiger partial charge in [-0.3, -0.25) is 9.80 Å². The molecule has 1 aromatic heterocycles. The molecular weight excluding hydrogens is 286 g/mol. The number of benzene rings is 1. The Hall–Kier alpha value is -2.87. The van der Waals surface area contributed by atoms with E-state index >= 15 is 0 Å². The molecule has 8 heteroatoms. The van der Waals surface area contributed by atoms with Crippen LogP contribution in [0.15, 0.2) is 58.1 Å². The van der Waals surface area contributed by atoms with Gasteiger partial charge in [-0.1, -0.05) is 23.6 Å². The topological polar surface area (TPSA) is 88.3 Å². The molecule has 0 fully saturated rings. The molecule has 0 amide bonds. The summed E-state index contributed by atoms with van der Waals surface area (Å²) in [6, 6.07) is 13.2. The van der Waals surface area contributed by atoms with E-state index < -0.39 is 5.03 Å². The fourth-order valence-electron chi connectivity index (χ4n) is 2.39. The summed E-state index contributed by atoms with van der Waals surface area (Å²) in [6.45, 7) is 1.68. The molecule has 0 saturated heterocycles. The zero-order valence-corrected chi connectivity index (χ0v) is 11.8. The number of guanidine groups is 1. The second-order valence-corrected chi connectivity index (χ2v) is 4.94. The van der Waals surface area contributed by atoms with E-state index in [0.29, 0.717) is 19.9 Å². The number of anilines is 1. The average molecular weight is 302 g/mol. The molecular formula is C14H16N5O3+. The number of quaternary nitrogens is 1. The van der Waals surface area contributed by atoms with Gasteiger partial charge in [-0.25, -0.2) is 10.1 Å². The maximum Gasteiger partial charge on any atom is 0.270 e. The van der Waals surface area contributed by atoms with Gasteiger partial charge in [-0.05, 0) is 24.3 Å². The van der Waals surface area contributed by atoms with Crippen molar-refractivity contribution in [2.24, 2.45) is 4.99 Å². The normalized spacial score (nSPS) is 17.9. The number of aliphatic imine (C=N–C) groups is 1. The van der Waals surface area contributed by atoms with Gasteiger partial charge in [0.1, 0.15) is 6.54 Å². The Bertz CT molecular complexity index is 656. The van der Waals surface area contributed by atoms with Crippen LogP contribution in [0.5, 0.6) is 0 Å². The van der Waals surface area contributed by atoms with Crippen LogP contribution in [-0.4, -0.2) is 24.3 Å². The molecule has 0 saturated carbocycles. The molecule has 8 nitrogen and oxygen atoms in total. The Kier molecular flexibility index (Phi) is 4.01. The molecule has 0 radical (unpaired) electrons. The third-order valence-corrected chi connectivity index (χ3v) is 3.35. The van der Waals surface area contributed by atoms with Crippen LogP contribution in [0.25, 0.3) is 0 Å². The zero-order chi connectivity index (χ0) is 15.4. The Morgan fingerprint density at radius 2 is 2.14 bits per heavy atom. The van der Waals surface area contributed by atoms with Gasteiger partial charge in [0.05, 0.1) is 6.26 Å². The first-order valence-corrected chi connectivity index (χ1v) is 6.86. The molecule has 2 aromatic rings. The molecule has 1 atom stereocenters. The summed E-state index contributed by atoms with van der Waals surface area (Å²) in [6.07, 6.45) is 1.64. The van der Waals surface area contributed by atoms with Gasteiger partial charge >= 0.3 is 0 Å². The number of rotatable bonds is 4. The van der Waals surface area contributed by atoms with E-state index in [0.717, 1.165) is 16.3 Å². The molecule has 1 aliphatic heterocycles. The zero-order valence-electron chi connectivity index (χ0n) is 11.8. The van der Waals surface area contributed by atoms with Crippen LogP contribution >= 0.6 is 0 Å². The summed E-state index contributed by atoms with van der Waals surface area (Å²) >= 11 is 0. The van der Waals surface area contributed by atoms with Crippen LogP contribution < -0.4 is 15.2 Å². The van der Waals surface area contributed by atoms with E-state index in [1.54, 1.807) is 11.2 Å². The van der Waals surface area contributed by atoms with Crippen LogP contribution in [0.3, 0.4) is 0 Å². The molecule has 0 spiro atoms. The molecule has 2 heterocycles. The minimum absolute atomic E-state index is 0.249. The minimum atomic E-state index is -0.591. The second-order valence-electron chi connectivity index (χ2n) is 4.94. The van der Waals surface area contributed by atoms with Crippen molar-refractivity contribution >= 4 is 11.6 Å². The molecule has 0 bridgehead atoms. The number of hydrogen-bond acceptors (Lipinski definition) is 5. The first-order valence-electron chi connectivity index (χ1n) is 6.86. The van der Waals surface area contributed by atoms with Crippen LogP contribution in [0.1, 0.15) is 5.76 Å². The number of furan rings is 1. The summed E-state index contributed by atoms with van der Waals surface area (Å²) in [4.78, 5) is 18.0. The minimum Gasteiger partial charge on any atom is -0.463 e. The lowest BCUT2D eigenvalue weighted by Crippen LogP contribution is -3.13. The van der Waals surface area contributed by atoms with Crippen LogP contribution in [0, 0.1) is 10.1 Å². The van der Waals surface area contributed by atoms with Crippen molar-refractivity contribution in [1.29, 1.82) is 0 Å². The third kappa shape index (κ3) is 3.23. The predicted molar refractivity (Wildman–Crippen MR) is 79.6 cm³/mol. The number of para-hydroxylation sites is 1. The first-order chi connectivity index (χ1) is 10.7. The van der Waals surface area contributed by atoms with Crippen molar-refractivity contribution in [3.63, 3.8) is 0 Å². The largest absolute Gasteiger partial charge is 0.463 e. The van der Waals surface area contributed by atoms with Gasteiger partial charge in [0.15, 0.2) is 24.1 Å². The maximum absolute atomic E-state index is 10.7. The van der Waals surface area contributed by atoms with Gasteiger partial charge in [0.2, 0.25) is 0 Å². The van der Waals surface area contributed by atoms with Crippen molar-refractivity contribution in [2.75, 3.05) is 18.2 Å². The van der Waals surface area contributed by atoms with Crippen molar-refractivity contribution in [2.45, 2.75) is 6.54 Å². The molecule has 1 aromatic carbocycles. The molecule has 0 aliphatic carbocycles. The van der Waals surface area contributed by atoms with Crippen molar-refractivity contribution in [3.8, 4) is 0 Å². The summed E-state index contributed by atoms with van der Waals surface area (Å²) in [5.41, 5.74) is 3.02. The highest BCUT2D eigenvalue weighted by molar-refractivity contribution is 5.95. The van der Waals surface area contributed by atoms with E-state index in [-0.39, 0.29) is 5.96 Å². The first kappa shape index (κ1) is 14.1. The molecule has 1 unspecified atom stereocenters. The fourth-order valence-corrected chi connectivity index (χ4v) is 2.39. The van der Waals surface area contributed by atoms with Gasteiger partial charge < -0.3 is 4.42 Å². The molecule has 1 aliphatic rings. The third-order valence-electron chi connectivity index (χ3n) is 3.35. The number of nitro groups is 1. The quantitative estimate of drug-likeness (QED) is 0.624. The average Bonchev–Trinajstić information content (AvgIpc) is 3.02. The van der Waals surface area contributed by atoms with Gasteiger partial charge in [0, 0.05) is 5.69 Å². The van der Waals surface area contributed by atoms with E-state index in [2.05, 4.69) is 10.4 Å². The summed E-state index contributed by atoms with van der Waals surface area (Å²) in [5, 5.41) is 10.2. The molecule has 3 rings (SSSR count). The fraction of sp³-hybridized carbons (Fsp3) is 0.214. The number of nitrogens with one attached hydrogen (secondary N) is 2. The Morgan fingerprint density at radius 1 is 1.32 bits per heavy atom. The van der Waals surface area contributed by atoms with Gasteiger partial charge in [0.25, 0.3) is 5.96 Å². The van der Waals surface area contributed by atoms with Gasteiger partial charge in [-0.15, -0.1) is 0 Å². The monoisotopic (exact) mass is 302 g/mol. The summed E-state index contributed by atoms with van der Waals surface area (Å²) < 4.78 is 5.36. The molecule has 114 valence electrons. The number of hydrazine groups is 1. The number of hydrogen-bond donors (Lipinski definition) is 2. The standard InChI is InChI=1S/C14H15N5O3/c20-19(21)16-14-15-10-17(9-13-7-4-8-22-13)11-18(14)12-5-2-1-3-6-12/h1-8H,9-11H2,(H,15,16)/p+1. The van der Waals surface area contributed by atoms with Crippen LogP contribution in [-0.2, 0) is 6.54 Å².